The fraction of sp³-hybridized carbons (Fsp3) is 0.500. The van der Waals surface area contributed by atoms with Crippen molar-refractivity contribution in [1.29, 1.82) is 0 Å². The molecule has 1 aliphatic heterocycles. The number of hydrogen-bond acceptors (Lipinski definition) is 3. The van der Waals surface area contributed by atoms with Crippen molar-refractivity contribution >= 4 is 29.4 Å². The summed E-state index contributed by atoms with van der Waals surface area (Å²) >= 11 is 4.40. The van der Waals surface area contributed by atoms with Gasteiger partial charge in [0.15, 0.2) is 0 Å². The van der Waals surface area contributed by atoms with Crippen LogP contribution in [0.4, 0.5) is 0 Å². The van der Waals surface area contributed by atoms with Gasteiger partial charge in [0.05, 0.1) is 11.9 Å². The van der Waals surface area contributed by atoms with Crippen molar-refractivity contribution in [2.24, 2.45) is 0 Å². The number of nitrogens with zero attached hydrogens (tertiary/aromatic N) is 1. The maximum Gasteiger partial charge on any atom is 0.230 e. The first-order chi connectivity index (χ1) is 4.75. The number of imide groups is 1. The summed E-state index contributed by atoms with van der Waals surface area (Å²) in [7, 11) is 0. The first-order valence-electron chi connectivity index (χ1n) is 2.94. The van der Waals surface area contributed by atoms with Crippen molar-refractivity contribution in [1.82, 2.24) is 4.90 Å². The predicted molar refractivity (Wildman–Crippen MR) is 38.6 cm³/mol. The highest BCUT2D eigenvalue weighted by Gasteiger charge is 2.27. The molecule has 1 rings (SSSR count). The molecular weight excluding hydrogens is 150 g/mol. The van der Waals surface area contributed by atoms with Gasteiger partial charge in [-0.25, -0.2) is 0 Å². The molecule has 1 fully saturated rings. The second kappa shape index (κ2) is 2.88. The molecule has 1 heterocycles. The Bertz CT molecular complexity index is 174. The number of amides is 2. The third-order valence-corrected chi connectivity index (χ3v) is 1.51. The Balaban J connectivity index is 2.62. The Hall–Kier alpha value is -0.770. The first-order valence-corrected chi connectivity index (χ1v) is 3.34. The molecule has 0 bridgehead atoms. The molecule has 0 N–H and O–H groups in total. The lowest BCUT2D eigenvalue weighted by atomic mass is 10.4. The molecule has 0 aromatic rings. The van der Waals surface area contributed by atoms with Crippen molar-refractivity contribution in [3.63, 3.8) is 0 Å². The van der Waals surface area contributed by atoms with Crippen LogP contribution in [-0.2, 0) is 9.59 Å². The van der Waals surface area contributed by atoms with Crippen molar-refractivity contribution in [3.8, 4) is 0 Å². The van der Waals surface area contributed by atoms with Crippen LogP contribution in [0.2, 0.25) is 0 Å². The lowest BCUT2D eigenvalue weighted by Gasteiger charge is -2.07. The fourth-order valence-corrected chi connectivity index (χ4v) is 0.993. The van der Waals surface area contributed by atoms with Gasteiger partial charge in [-0.1, -0.05) is 12.2 Å². The normalized spacial score (nSPS) is 18.2. The Morgan fingerprint density at radius 2 is 1.90 bits per heavy atom. The van der Waals surface area contributed by atoms with Crippen molar-refractivity contribution < 1.29 is 9.59 Å². The molecule has 1 aliphatic rings. The summed E-state index contributed by atoms with van der Waals surface area (Å²) in [5, 5.41) is 2.34. The molecule has 53 valence electrons. The topological polar surface area (TPSA) is 37.4 Å². The van der Waals surface area contributed by atoms with Gasteiger partial charge < -0.3 is 0 Å². The predicted octanol–water partition coefficient (Wildman–Crippen LogP) is 0.0121. The lowest BCUT2D eigenvalue weighted by Crippen LogP contribution is -2.30. The number of thiocarbonyl (C=S) groups is 1. The second-order valence-electron chi connectivity index (χ2n) is 2.02. The van der Waals surface area contributed by atoms with E-state index in [0.29, 0.717) is 12.8 Å². The molecule has 0 aromatic heterocycles. The number of hydrogen-bond donors (Lipinski definition) is 0. The maximum absolute atomic E-state index is 10.8. The van der Waals surface area contributed by atoms with Gasteiger partial charge in [-0.2, -0.15) is 0 Å². The molecule has 4 heteroatoms. The second-order valence-corrected chi connectivity index (χ2v) is 2.31. The Kier molecular flexibility index (Phi) is 2.11. The van der Waals surface area contributed by atoms with E-state index in [1.165, 1.54) is 0 Å². The molecule has 2 amide bonds. The van der Waals surface area contributed by atoms with Crippen LogP contribution >= 0.6 is 12.2 Å². The largest absolute Gasteiger partial charge is 0.277 e. The SMILES string of the molecule is O=C1CCC(=O)N1C[C]=S. The van der Waals surface area contributed by atoms with Crippen LogP contribution in [0.15, 0.2) is 0 Å². The zero-order valence-electron chi connectivity index (χ0n) is 5.29. The van der Waals surface area contributed by atoms with E-state index < -0.39 is 0 Å². The molecule has 0 saturated carbocycles. The lowest BCUT2D eigenvalue weighted by molar-refractivity contribution is -0.137. The maximum atomic E-state index is 10.8. The highest BCUT2D eigenvalue weighted by atomic mass is 32.1. The molecular formula is C6H6NO2S. The number of carbonyl (C=O) groups excluding carboxylic acids is 2. The van der Waals surface area contributed by atoms with E-state index in [0.717, 1.165) is 4.90 Å². The molecule has 0 aromatic carbocycles. The van der Waals surface area contributed by atoms with E-state index in [1.807, 2.05) is 0 Å². The molecule has 0 unspecified atom stereocenters. The summed E-state index contributed by atoms with van der Waals surface area (Å²) in [6.45, 7) is 0.160. The van der Waals surface area contributed by atoms with Crippen LogP contribution in [0.1, 0.15) is 12.8 Å². The van der Waals surface area contributed by atoms with Gasteiger partial charge in [-0.3, -0.25) is 14.5 Å². The minimum absolute atomic E-state index is 0.137. The molecule has 0 atom stereocenters. The van der Waals surface area contributed by atoms with Gasteiger partial charge in [0.25, 0.3) is 0 Å². The number of likely N-dealkylation sites (tertiary alicyclic amines) is 1. The van der Waals surface area contributed by atoms with E-state index in [2.05, 4.69) is 17.6 Å². The third kappa shape index (κ3) is 1.21. The Morgan fingerprint density at radius 1 is 1.40 bits per heavy atom. The van der Waals surface area contributed by atoms with Crippen molar-refractivity contribution in [3.05, 3.63) is 0 Å². The van der Waals surface area contributed by atoms with E-state index in [4.69, 9.17) is 0 Å². The van der Waals surface area contributed by atoms with Crippen LogP contribution in [0.3, 0.4) is 0 Å². The van der Waals surface area contributed by atoms with Gasteiger partial charge in [0, 0.05) is 12.8 Å². The number of carbonyl (C=O) groups is 2. The molecule has 0 spiro atoms. The van der Waals surface area contributed by atoms with Gasteiger partial charge in [0.2, 0.25) is 11.8 Å². The zero-order valence-corrected chi connectivity index (χ0v) is 6.11. The minimum Gasteiger partial charge on any atom is -0.277 e. The third-order valence-electron chi connectivity index (χ3n) is 1.38. The molecule has 1 saturated heterocycles. The Labute approximate surface area is 64.0 Å². The summed E-state index contributed by atoms with van der Waals surface area (Å²) in [5.41, 5.74) is 0. The van der Waals surface area contributed by atoms with Gasteiger partial charge in [-0.05, 0) is 0 Å². The van der Waals surface area contributed by atoms with Gasteiger partial charge in [-0.15, -0.1) is 0 Å². The summed E-state index contributed by atoms with van der Waals surface area (Å²) in [6.07, 6.45) is 0.658. The van der Waals surface area contributed by atoms with E-state index in [-0.39, 0.29) is 18.4 Å². The van der Waals surface area contributed by atoms with Crippen LogP contribution in [-0.4, -0.2) is 28.6 Å². The van der Waals surface area contributed by atoms with E-state index >= 15 is 0 Å². The molecule has 10 heavy (non-hydrogen) atoms. The quantitative estimate of drug-likeness (QED) is 0.417. The summed E-state index contributed by atoms with van der Waals surface area (Å²) < 4.78 is 0. The first kappa shape index (κ1) is 7.34. The number of rotatable bonds is 2. The van der Waals surface area contributed by atoms with E-state index in [1.54, 1.807) is 0 Å². The van der Waals surface area contributed by atoms with Gasteiger partial charge in [0.1, 0.15) is 0 Å². The highest BCUT2D eigenvalue weighted by molar-refractivity contribution is 7.79. The van der Waals surface area contributed by atoms with Crippen LogP contribution in [0.25, 0.3) is 0 Å². The molecule has 0 aliphatic carbocycles. The van der Waals surface area contributed by atoms with Crippen LogP contribution in [0, 0.1) is 0 Å². The molecule has 1 radical (unpaired) electrons. The van der Waals surface area contributed by atoms with Crippen LogP contribution in [0.5, 0.6) is 0 Å². The smallest absolute Gasteiger partial charge is 0.230 e. The van der Waals surface area contributed by atoms with Crippen LogP contribution < -0.4 is 0 Å². The molecule has 3 nitrogen and oxygen atoms in total. The van der Waals surface area contributed by atoms with Gasteiger partial charge >= 0.3 is 0 Å². The van der Waals surface area contributed by atoms with E-state index in [9.17, 15) is 9.59 Å². The summed E-state index contributed by atoms with van der Waals surface area (Å²) in [5.74, 6) is -0.273. The average Bonchev–Trinajstić information content (AvgIpc) is 2.20. The summed E-state index contributed by atoms with van der Waals surface area (Å²) in [6, 6.07) is 0. The summed E-state index contributed by atoms with van der Waals surface area (Å²) in [4.78, 5) is 22.7. The van der Waals surface area contributed by atoms with Crippen molar-refractivity contribution in [2.45, 2.75) is 12.8 Å². The fourth-order valence-electron chi connectivity index (χ4n) is 0.864. The average molecular weight is 156 g/mol. The monoisotopic (exact) mass is 156 g/mol. The Morgan fingerprint density at radius 3 is 2.30 bits per heavy atom. The van der Waals surface area contributed by atoms with Crippen molar-refractivity contribution in [2.75, 3.05) is 6.54 Å². The highest BCUT2D eigenvalue weighted by Crippen LogP contribution is 2.09. The standard InChI is InChI=1S/C6H6NO2S/c8-5-1-2-6(9)7(5)3-4-10/h1-3H2. The minimum atomic E-state index is -0.137. The zero-order chi connectivity index (χ0) is 7.56.